The summed E-state index contributed by atoms with van der Waals surface area (Å²) >= 11 is 0. The number of hydrogen-bond acceptors (Lipinski definition) is 3. The molecule has 100 valence electrons. The average molecular weight is 266 g/mol. The van der Waals surface area contributed by atoms with E-state index < -0.39 is 0 Å². The third-order valence-electron chi connectivity index (χ3n) is 2.89. The number of phenols is 1. The van der Waals surface area contributed by atoms with E-state index in [0.717, 1.165) is 11.1 Å². The molecule has 0 spiro atoms. The number of phenolic OH excluding ortho intramolecular Hbond substituents is 1. The van der Waals surface area contributed by atoms with Gasteiger partial charge in [-0.25, -0.2) is 0 Å². The number of aromatic hydroxyl groups is 1. The first kappa shape index (κ1) is 13.6. The van der Waals surface area contributed by atoms with Crippen molar-refractivity contribution in [1.82, 2.24) is 0 Å². The lowest BCUT2D eigenvalue weighted by Gasteiger charge is -2.08. The standard InChI is InChI=1S/C16H14N2O2/c1-11-2-7-14(15(19)10-11)16(20)18-13-5-3-12(4-6-13)8-9-17/h2-7,10,19H,8H2,1H3,(H,18,20). The summed E-state index contributed by atoms with van der Waals surface area (Å²) in [4.78, 5) is 12.0. The van der Waals surface area contributed by atoms with E-state index in [1.807, 2.05) is 6.92 Å². The molecule has 2 aromatic rings. The fraction of sp³-hybridized carbons (Fsp3) is 0.125. The molecule has 2 N–H and O–H groups in total. The molecule has 0 aliphatic rings. The first-order valence-electron chi connectivity index (χ1n) is 6.17. The number of benzene rings is 2. The third kappa shape index (κ3) is 3.15. The number of nitrogens with zero attached hydrogens (tertiary/aromatic N) is 1. The van der Waals surface area contributed by atoms with Crippen LogP contribution in [0.1, 0.15) is 21.5 Å². The van der Waals surface area contributed by atoms with Gasteiger partial charge < -0.3 is 10.4 Å². The number of hydrogen-bond donors (Lipinski definition) is 2. The average Bonchev–Trinajstić information content (AvgIpc) is 2.41. The van der Waals surface area contributed by atoms with E-state index >= 15 is 0 Å². The van der Waals surface area contributed by atoms with Crippen LogP contribution in [0.4, 0.5) is 5.69 Å². The van der Waals surface area contributed by atoms with E-state index in [4.69, 9.17) is 5.26 Å². The molecule has 0 aliphatic carbocycles. The van der Waals surface area contributed by atoms with Gasteiger partial charge in [0.15, 0.2) is 0 Å². The summed E-state index contributed by atoms with van der Waals surface area (Å²) in [6, 6.07) is 14.0. The molecule has 0 saturated heterocycles. The smallest absolute Gasteiger partial charge is 0.259 e. The molecule has 0 fully saturated rings. The lowest BCUT2D eigenvalue weighted by atomic mass is 10.1. The zero-order valence-corrected chi connectivity index (χ0v) is 11.1. The van der Waals surface area contributed by atoms with Gasteiger partial charge in [0.05, 0.1) is 18.1 Å². The largest absolute Gasteiger partial charge is 0.507 e. The molecular formula is C16H14N2O2. The Morgan fingerprint density at radius 3 is 2.55 bits per heavy atom. The molecule has 0 unspecified atom stereocenters. The molecule has 2 rings (SSSR count). The van der Waals surface area contributed by atoms with Crippen LogP contribution >= 0.6 is 0 Å². The maximum Gasteiger partial charge on any atom is 0.259 e. The Bertz CT molecular complexity index is 670. The predicted molar refractivity (Wildman–Crippen MR) is 76.6 cm³/mol. The Morgan fingerprint density at radius 1 is 1.25 bits per heavy atom. The van der Waals surface area contributed by atoms with E-state index in [9.17, 15) is 9.90 Å². The van der Waals surface area contributed by atoms with Crippen LogP contribution in [0.5, 0.6) is 5.75 Å². The molecule has 1 amide bonds. The summed E-state index contributed by atoms with van der Waals surface area (Å²) in [6.45, 7) is 1.84. The number of carbonyl (C=O) groups excluding carboxylic acids is 1. The van der Waals surface area contributed by atoms with Gasteiger partial charge in [-0.2, -0.15) is 5.26 Å². The van der Waals surface area contributed by atoms with Crippen LogP contribution in [0.25, 0.3) is 0 Å². The lowest BCUT2D eigenvalue weighted by Crippen LogP contribution is -2.12. The van der Waals surface area contributed by atoms with Crippen molar-refractivity contribution in [2.24, 2.45) is 0 Å². The van der Waals surface area contributed by atoms with Gasteiger partial charge in [0.2, 0.25) is 0 Å². The van der Waals surface area contributed by atoms with Crippen LogP contribution in [-0.4, -0.2) is 11.0 Å². The highest BCUT2D eigenvalue weighted by Gasteiger charge is 2.11. The summed E-state index contributed by atoms with van der Waals surface area (Å²) in [5.41, 5.74) is 2.64. The van der Waals surface area contributed by atoms with E-state index in [1.54, 1.807) is 42.5 Å². The highest BCUT2D eigenvalue weighted by Crippen LogP contribution is 2.20. The molecular weight excluding hydrogens is 252 g/mol. The number of amides is 1. The summed E-state index contributed by atoms with van der Waals surface area (Å²) in [5, 5.41) is 21.1. The monoisotopic (exact) mass is 266 g/mol. The van der Waals surface area contributed by atoms with Gasteiger partial charge in [-0.3, -0.25) is 4.79 Å². The predicted octanol–water partition coefficient (Wildman–Crippen LogP) is 3.02. The van der Waals surface area contributed by atoms with Crippen LogP contribution in [0.15, 0.2) is 42.5 Å². The quantitative estimate of drug-likeness (QED) is 0.896. The van der Waals surface area contributed by atoms with Gasteiger partial charge in [-0.15, -0.1) is 0 Å². The highest BCUT2D eigenvalue weighted by atomic mass is 16.3. The number of anilines is 1. The molecule has 4 heteroatoms. The highest BCUT2D eigenvalue weighted by molar-refractivity contribution is 6.06. The van der Waals surface area contributed by atoms with Gasteiger partial charge in [0.25, 0.3) is 5.91 Å². The second-order valence-corrected chi connectivity index (χ2v) is 4.51. The van der Waals surface area contributed by atoms with E-state index in [2.05, 4.69) is 11.4 Å². The fourth-order valence-corrected chi connectivity index (χ4v) is 1.83. The summed E-state index contributed by atoms with van der Waals surface area (Å²) in [7, 11) is 0. The van der Waals surface area contributed by atoms with Crippen molar-refractivity contribution in [1.29, 1.82) is 5.26 Å². The topological polar surface area (TPSA) is 73.1 Å². The van der Waals surface area contributed by atoms with Crippen LogP contribution in [0, 0.1) is 18.3 Å². The molecule has 0 heterocycles. The second kappa shape index (κ2) is 5.89. The maximum atomic E-state index is 12.0. The van der Waals surface area contributed by atoms with Crippen LogP contribution in [-0.2, 0) is 6.42 Å². The number of rotatable bonds is 3. The Balaban J connectivity index is 2.13. The summed E-state index contributed by atoms with van der Waals surface area (Å²) in [5.74, 6) is -0.404. The Labute approximate surface area is 117 Å². The van der Waals surface area contributed by atoms with Crippen LogP contribution < -0.4 is 5.32 Å². The fourth-order valence-electron chi connectivity index (χ4n) is 1.83. The Morgan fingerprint density at radius 2 is 1.95 bits per heavy atom. The van der Waals surface area contributed by atoms with Crippen molar-refractivity contribution in [2.45, 2.75) is 13.3 Å². The van der Waals surface area contributed by atoms with E-state index in [1.165, 1.54) is 0 Å². The molecule has 2 aromatic carbocycles. The minimum atomic E-state index is -0.365. The Kier molecular flexibility index (Phi) is 4.02. The Hall–Kier alpha value is -2.80. The van der Waals surface area contributed by atoms with Crippen molar-refractivity contribution < 1.29 is 9.90 Å². The van der Waals surface area contributed by atoms with Crippen LogP contribution in [0.2, 0.25) is 0 Å². The van der Waals surface area contributed by atoms with Gasteiger partial charge in [-0.05, 0) is 42.3 Å². The molecule has 4 nitrogen and oxygen atoms in total. The minimum absolute atomic E-state index is 0.0383. The van der Waals surface area contributed by atoms with Gasteiger partial charge in [-0.1, -0.05) is 18.2 Å². The number of nitriles is 1. The minimum Gasteiger partial charge on any atom is -0.507 e. The van der Waals surface area contributed by atoms with Crippen molar-refractivity contribution >= 4 is 11.6 Å². The molecule has 0 aliphatic heterocycles. The summed E-state index contributed by atoms with van der Waals surface area (Å²) in [6.07, 6.45) is 0.340. The molecule has 0 radical (unpaired) electrons. The summed E-state index contributed by atoms with van der Waals surface area (Å²) < 4.78 is 0. The maximum absolute atomic E-state index is 12.0. The van der Waals surface area contributed by atoms with Gasteiger partial charge >= 0.3 is 0 Å². The van der Waals surface area contributed by atoms with Crippen molar-refractivity contribution in [3.05, 3.63) is 59.2 Å². The molecule has 0 atom stereocenters. The number of carbonyl (C=O) groups is 1. The molecule has 0 saturated carbocycles. The SMILES string of the molecule is Cc1ccc(C(=O)Nc2ccc(CC#N)cc2)c(O)c1. The lowest BCUT2D eigenvalue weighted by molar-refractivity contribution is 0.102. The molecule has 20 heavy (non-hydrogen) atoms. The number of nitrogens with one attached hydrogen (secondary N) is 1. The van der Waals surface area contributed by atoms with Crippen molar-refractivity contribution in [3.63, 3.8) is 0 Å². The van der Waals surface area contributed by atoms with Crippen molar-refractivity contribution in [3.8, 4) is 11.8 Å². The molecule has 0 bridgehead atoms. The van der Waals surface area contributed by atoms with E-state index in [-0.39, 0.29) is 17.2 Å². The molecule has 0 aromatic heterocycles. The second-order valence-electron chi connectivity index (χ2n) is 4.51. The zero-order valence-electron chi connectivity index (χ0n) is 11.1. The first-order valence-corrected chi connectivity index (χ1v) is 6.17. The number of aryl methyl sites for hydroxylation is 1. The third-order valence-corrected chi connectivity index (χ3v) is 2.89. The zero-order chi connectivity index (χ0) is 14.5. The van der Waals surface area contributed by atoms with E-state index in [0.29, 0.717) is 12.1 Å². The first-order chi connectivity index (χ1) is 9.60. The van der Waals surface area contributed by atoms with Gasteiger partial charge in [0, 0.05) is 5.69 Å². The normalized spacial score (nSPS) is 9.80. The van der Waals surface area contributed by atoms with Crippen molar-refractivity contribution in [2.75, 3.05) is 5.32 Å². The van der Waals surface area contributed by atoms with Gasteiger partial charge in [0.1, 0.15) is 5.75 Å². The van der Waals surface area contributed by atoms with Crippen LogP contribution in [0.3, 0.4) is 0 Å².